The largest absolute Gasteiger partial charge is 0.493 e. The third kappa shape index (κ3) is 4.65. The van der Waals surface area contributed by atoms with E-state index < -0.39 is 17.8 Å². The molecule has 2 aromatic heterocycles. The fourth-order valence-electron chi connectivity index (χ4n) is 2.93. The summed E-state index contributed by atoms with van der Waals surface area (Å²) in [5.74, 6) is -2.13. The van der Waals surface area contributed by atoms with Crippen molar-refractivity contribution in [1.29, 1.82) is 0 Å². The van der Waals surface area contributed by atoms with Crippen molar-refractivity contribution < 1.29 is 28.6 Å². The zero-order valence-corrected chi connectivity index (χ0v) is 17.6. The summed E-state index contributed by atoms with van der Waals surface area (Å²) in [5, 5.41) is 12.5. The van der Waals surface area contributed by atoms with Crippen LogP contribution >= 0.6 is 11.6 Å². The van der Waals surface area contributed by atoms with E-state index in [9.17, 15) is 14.0 Å². The smallest absolute Gasteiger partial charge is 0.362 e. The summed E-state index contributed by atoms with van der Waals surface area (Å²) in [6, 6.07) is 11.1. The number of halogens is 2. The number of esters is 1. The van der Waals surface area contributed by atoms with E-state index in [2.05, 4.69) is 20.3 Å². The first-order valence-corrected chi connectivity index (χ1v) is 9.71. The van der Waals surface area contributed by atoms with E-state index in [0.717, 1.165) is 0 Å². The molecule has 2 aromatic carbocycles. The number of benzene rings is 2. The lowest BCUT2D eigenvalue weighted by atomic mass is 10.2. The lowest BCUT2D eigenvalue weighted by Crippen LogP contribution is -2.13. The van der Waals surface area contributed by atoms with Crippen molar-refractivity contribution >= 4 is 45.9 Å². The number of carbonyl (C=O) groups is 2. The molecule has 0 fully saturated rings. The monoisotopic (exact) mass is 468 g/mol. The standard InChI is InChI=1S/C22H14ClFN4O5/c1-32-18-9-17-12(20(26-10-25-17)27-11-5-6-14(24)13(23)7-11)8-19(18)33-22(31)16-4-2-3-15(28-16)21(29)30/h2-10H,1H3,(H,29,30)(H,25,26,27). The average Bonchev–Trinajstić information content (AvgIpc) is 2.81. The van der Waals surface area contributed by atoms with Gasteiger partial charge in [-0.1, -0.05) is 17.7 Å². The highest BCUT2D eigenvalue weighted by Crippen LogP contribution is 2.35. The summed E-state index contributed by atoms with van der Waals surface area (Å²) in [5.41, 5.74) is 0.460. The summed E-state index contributed by atoms with van der Waals surface area (Å²) >= 11 is 5.84. The van der Waals surface area contributed by atoms with Gasteiger partial charge in [0.1, 0.15) is 29.4 Å². The Kier molecular flexibility index (Phi) is 6.01. The molecule has 33 heavy (non-hydrogen) atoms. The molecule has 0 saturated heterocycles. The predicted octanol–water partition coefficient (Wildman–Crippen LogP) is 4.49. The topological polar surface area (TPSA) is 124 Å². The van der Waals surface area contributed by atoms with Gasteiger partial charge >= 0.3 is 11.9 Å². The molecule has 4 aromatic rings. The lowest BCUT2D eigenvalue weighted by molar-refractivity contribution is 0.0689. The van der Waals surface area contributed by atoms with Crippen LogP contribution < -0.4 is 14.8 Å². The van der Waals surface area contributed by atoms with Crippen molar-refractivity contribution in [2.75, 3.05) is 12.4 Å². The third-order valence-electron chi connectivity index (χ3n) is 4.48. The molecule has 0 aliphatic rings. The van der Waals surface area contributed by atoms with Gasteiger partial charge in [0.2, 0.25) is 0 Å². The van der Waals surface area contributed by atoms with Crippen molar-refractivity contribution in [3.05, 3.63) is 77.1 Å². The minimum atomic E-state index is -1.28. The second-order valence-corrected chi connectivity index (χ2v) is 7.01. The molecule has 2 N–H and O–H groups in total. The lowest BCUT2D eigenvalue weighted by Gasteiger charge is -2.13. The summed E-state index contributed by atoms with van der Waals surface area (Å²) in [4.78, 5) is 35.9. The molecular weight excluding hydrogens is 455 g/mol. The van der Waals surface area contributed by atoms with Crippen molar-refractivity contribution in [2.45, 2.75) is 0 Å². The highest BCUT2D eigenvalue weighted by Gasteiger charge is 2.18. The summed E-state index contributed by atoms with van der Waals surface area (Å²) < 4.78 is 24.2. The number of carboxylic acid groups (broad SMARTS) is 1. The summed E-state index contributed by atoms with van der Waals surface area (Å²) in [7, 11) is 1.39. The van der Waals surface area contributed by atoms with Gasteiger partial charge in [0.05, 0.1) is 17.6 Å². The van der Waals surface area contributed by atoms with Crippen LogP contribution in [0, 0.1) is 5.82 Å². The molecule has 0 radical (unpaired) electrons. The zero-order valence-electron chi connectivity index (χ0n) is 16.9. The Labute approximate surface area is 190 Å². The Hall–Kier alpha value is -4.31. The Balaban J connectivity index is 1.71. The van der Waals surface area contributed by atoms with Crippen molar-refractivity contribution in [3.63, 3.8) is 0 Å². The van der Waals surface area contributed by atoms with Crippen LogP contribution in [0.15, 0.2) is 54.9 Å². The maximum absolute atomic E-state index is 13.5. The van der Waals surface area contributed by atoms with Crippen molar-refractivity contribution in [2.24, 2.45) is 0 Å². The molecule has 2 heterocycles. The fourth-order valence-corrected chi connectivity index (χ4v) is 3.11. The maximum atomic E-state index is 13.5. The maximum Gasteiger partial charge on any atom is 0.362 e. The molecule has 0 spiro atoms. The number of aromatic carboxylic acids is 1. The van der Waals surface area contributed by atoms with E-state index in [4.69, 9.17) is 26.2 Å². The van der Waals surface area contributed by atoms with E-state index >= 15 is 0 Å². The number of nitrogens with one attached hydrogen (secondary N) is 1. The number of anilines is 2. The summed E-state index contributed by atoms with van der Waals surface area (Å²) in [6.45, 7) is 0. The van der Waals surface area contributed by atoms with Gasteiger partial charge in [-0.3, -0.25) is 0 Å². The minimum absolute atomic E-state index is 0.0347. The van der Waals surface area contributed by atoms with Gasteiger partial charge < -0.3 is 19.9 Å². The Bertz CT molecular complexity index is 1400. The number of rotatable bonds is 6. The number of hydrogen-bond acceptors (Lipinski definition) is 8. The molecule has 4 rings (SSSR count). The van der Waals surface area contributed by atoms with Crippen LogP contribution in [-0.4, -0.2) is 39.1 Å². The molecule has 9 nitrogen and oxygen atoms in total. The van der Waals surface area contributed by atoms with Crippen LogP contribution in [0.3, 0.4) is 0 Å². The van der Waals surface area contributed by atoms with Gasteiger partial charge in [0.15, 0.2) is 11.5 Å². The Morgan fingerprint density at radius 3 is 2.58 bits per heavy atom. The molecule has 0 atom stereocenters. The molecular formula is C22H14ClFN4O5. The first kappa shape index (κ1) is 21.9. The van der Waals surface area contributed by atoms with Crippen LogP contribution in [0.1, 0.15) is 21.0 Å². The minimum Gasteiger partial charge on any atom is -0.493 e. The molecule has 0 saturated carbocycles. The molecule has 0 bridgehead atoms. The number of nitrogens with zero attached hydrogens (tertiary/aromatic N) is 3. The molecule has 166 valence electrons. The van der Waals surface area contributed by atoms with Crippen molar-refractivity contribution in [1.82, 2.24) is 15.0 Å². The van der Waals surface area contributed by atoms with E-state index in [1.165, 1.54) is 55.9 Å². The fraction of sp³-hybridized carbons (Fsp3) is 0.0455. The second-order valence-electron chi connectivity index (χ2n) is 6.60. The van der Waals surface area contributed by atoms with Gasteiger partial charge in [-0.25, -0.2) is 28.9 Å². The van der Waals surface area contributed by atoms with Crippen LogP contribution in [0.25, 0.3) is 10.9 Å². The van der Waals surface area contributed by atoms with Gasteiger partial charge in [-0.2, -0.15) is 0 Å². The second kappa shape index (κ2) is 9.05. The van der Waals surface area contributed by atoms with Gasteiger partial charge in [0.25, 0.3) is 0 Å². The number of hydrogen-bond donors (Lipinski definition) is 2. The van der Waals surface area contributed by atoms with E-state index in [-0.39, 0.29) is 27.9 Å². The van der Waals surface area contributed by atoms with E-state index in [1.807, 2.05) is 0 Å². The average molecular weight is 469 g/mol. The normalized spacial score (nSPS) is 10.6. The number of aromatic nitrogens is 3. The highest BCUT2D eigenvalue weighted by molar-refractivity contribution is 6.31. The number of carbonyl (C=O) groups excluding carboxylic acids is 1. The molecule has 0 unspecified atom stereocenters. The summed E-state index contributed by atoms with van der Waals surface area (Å²) in [6.07, 6.45) is 1.32. The Morgan fingerprint density at radius 2 is 1.85 bits per heavy atom. The van der Waals surface area contributed by atoms with E-state index in [0.29, 0.717) is 22.4 Å². The molecule has 0 amide bonds. The van der Waals surface area contributed by atoms with Gasteiger partial charge in [-0.15, -0.1) is 0 Å². The van der Waals surface area contributed by atoms with Gasteiger partial charge in [0, 0.05) is 17.1 Å². The predicted molar refractivity (Wildman–Crippen MR) is 117 cm³/mol. The van der Waals surface area contributed by atoms with Crippen molar-refractivity contribution in [3.8, 4) is 11.5 Å². The Morgan fingerprint density at radius 1 is 1.06 bits per heavy atom. The SMILES string of the molecule is COc1cc2ncnc(Nc3ccc(F)c(Cl)c3)c2cc1OC(=O)c1cccc(C(=O)O)n1. The van der Waals surface area contributed by atoms with Crippen LogP contribution in [0.5, 0.6) is 11.5 Å². The molecule has 11 heteroatoms. The van der Waals surface area contributed by atoms with Crippen LogP contribution in [0.4, 0.5) is 15.9 Å². The van der Waals surface area contributed by atoms with E-state index in [1.54, 1.807) is 6.07 Å². The number of methoxy groups -OCH3 is 1. The van der Waals surface area contributed by atoms with Gasteiger partial charge in [-0.05, 0) is 36.4 Å². The third-order valence-corrected chi connectivity index (χ3v) is 4.77. The molecule has 0 aliphatic carbocycles. The number of pyridine rings is 1. The zero-order chi connectivity index (χ0) is 23.5. The number of carboxylic acids is 1. The first-order valence-electron chi connectivity index (χ1n) is 9.33. The molecule has 0 aliphatic heterocycles. The number of ether oxygens (including phenoxy) is 2. The quantitative estimate of drug-likeness (QED) is 0.311. The van der Waals surface area contributed by atoms with Crippen LogP contribution in [-0.2, 0) is 0 Å². The highest BCUT2D eigenvalue weighted by atomic mass is 35.5. The number of fused-ring (bicyclic) bond motifs is 1. The first-order chi connectivity index (χ1) is 15.9. The van der Waals surface area contributed by atoms with Crippen LogP contribution in [0.2, 0.25) is 5.02 Å².